The second kappa shape index (κ2) is 12.5. The van der Waals surface area contributed by atoms with Gasteiger partial charge in [0.05, 0.1) is 0 Å². The third kappa shape index (κ3) is 6.07. The second-order valence-corrected chi connectivity index (χ2v) is 11.4. The van der Waals surface area contributed by atoms with Gasteiger partial charge in [-0.25, -0.2) is 15.0 Å². The summed E-state index contributed by atoms with van der Waals surface area (Å²) in [6.07, 6.45) is 8.64. The highest BCUT2D eigenvalue weighted by molar-refractivity contribution is 5.77. The average molecular weight is 580 g/mol. The Morgan fingerprint density at radius 3 is 1.62 bits per heavy atom. The summed E-state index contributed by atoms with van der Waals surface area (Å²) < 4.78 is 0. The molecule has 45 heavy (non-hydrogen) atoms. The van der Waals surface area contributed by atoms with Crippen LogP contribution in [-0.2, 0) is 0 Å². The Bertz CT molecular complexity index is 2020. The van der Waals surface area contributed by atoms with Crippen molar-refractivity contribution in [1.29, 1.82) is 0 Å². The molecule has 5 aromatic carbocycles. The van der Waals surface area contributed by atoms with E-state index in [1.807, 2.05) is 18.2 Å². The number of allylic oxidation sites excluding steroid dienone is 4. The van der Waals surface area contributed by atoms with E-state index in [0.717, 1.165) is 44.8 Å². The minimum atomic E-state index is -0.00218. The predicted octanol–water partition coefficient (Wildman–Crippen LogP) is 10.6. The fourth-order valence-corrected chi connectivity index (χ4v) is 5.83. The molecule has 216 valence electrons. The maximum absolute atomic E-state index is 5.16. The zero-order chi connectivity index (χ0) is 30.6. The maximum Gasteiger partial charge on any atom is 0.163 e. The van der Waals surface area contributed by atoms with E-state index in [9.17, 15) is 0 Å². The van der Waals surface area contributed by atoms with Gasteiger partial charge >= 0.3 is 0 Å². The predicted molar refractivity (Wildman–Crippen MR) is 187 cm³/mol. The Labute approximate surface area is 265 Å². The Morgan fingerprint density at radius 1 is 0.533 bits per heavy atom. The van der Waals surface area contributed by atoms with Gasteiger partial charge in [-0.2, -0.15) is 0 Å². The Morgan fingerprint density at radius 2 is 1.04 bits per heavy atom. The quantitative estimate of drug-likeness (QED) is 0.189. The van der Waals surface area contributed by atoms with E-state index in [1.54, 1.807) is 0 Å². The first-order valence-corrected chi connectivity index (χ1v) is 15.4. The minimum absolute atomic E-state index is 0.00218. The van der Waals surface area contributed by atoms with Crippen LogP contribution < -0.4 is 0 Å². The number of hydrogen-bond donors (Lipinski definition) is 0. The van der Waals surface area contributed by atoms with Gasteiger partial charge in [0.1, 0.15) is 5.82 Å². The van der Waals surface area contributed by atoms with Gasteiger partial charge in [-0.15, -0.1) is 0 Å². The lowest BCUT2D eigenvalue weighted by atomic mass is 9.84. The van der Waals surface area contributed by atoms with Crippen molar-refractivity contribution in [3.8, 4) is 45.0 Å². The van der Waals surface area contributed by atoms with Crippen LogP contribution in [0, 0.1) is 5.92 Å². The van der Waals surface area contributed by atoms with Gasteiger partial charge < -0.3 is 0 Å². The molecule has 1 aliphatic carbocycles. The number of rotatable bonds is 7. The molecule has 0 bridgehead atoms. The van der Waals surface area contributed by atoms with Gasteiger partial charge in [-0.1, -0.05) is 159 Å². The molecule has 7 rings (SSSR count). The molecule has 0 saturated heterocycles. The normalized spacial score (nSPS) is 15.8. The smallest absolute Gasteiger partial charge is 0.163 e. The summed E-state index contributed by atoms with van der Waals surface area (Å²) in [6.45, 7) is 6.11. The molecule has 0 radical (unpaired) electrons. The number of hydrogen-bond acceptors (Lipinski definition) is 3. The van der Waals surface area contributed by atoms with Gasteiger partial charge in [-0.05, 0) is 57.0 Å². The lowest BCUT2D eigenvalue weighted by molar-refractivity contribution is 0.602. The zero-order valence-electron chi connectivity index (χ0n) is 25.2. The summed E-state index contributed by atoms with van der Waals surface area (Å²) in [5.41, 5.74) is 9.90. The Kier molecular flexibility index (Phi) is 7.82. The third-order valence-corrected chi connectivity index (χ3v) is 8.39. The first-order chi connectivity index (χ1) is 22.1. The van der Waals surface area contributed by atoms with Crippen molar-refractivity contribution >= 4 is 11.6 Å². The van der Waals surface area contributed by atoms with Crippen LogP contribution in [0.25, 0.3) is 56.7 Å². The van der Waals surface area contributed by atoms with E-state index in [-0.39, 0.29) is 11.8 Å². The minimum Gasteiger partial charge on any atom is -0.212 e. The molecule has 1 heterocycles. The van der Waals surface area contributed by atoms with E-state index in [4.69, 9.17) is 15.0 Å². The zero-order valence-corrected chi connectivity index (χ0v) is 25.2. The van der Waals surface area contributed by atoms with E-state index >= 15 is 0 Å². The van der Waals surface area contributed by atoms with Crippen molar-refractivity contribution in [1.82, 2.24) is 15.0 Å². The average Bonchev–Trinajstić information content (AvgIpc) is 3.12. The lowest BCUT2D eigenvalue weighted by Crippen LogP contribution is -2.14. The summed E-state index contributed by atoms with van der Waals surface area (Å²) in [7, 11) is 0. The molecule has 1 aliphatic rings. The molecule has 1 aromatic heterocycles. The molecule has 6 aromatic rings. The van der Waals surface area contributed by atoms with Gasteiger partial charge in [-0.3, -0.25) is 0 Å². The molecular formula is C42H33N3. The van der Waals surface area contributed by atoms with Crippen LogP contribution in [0.2, 0.25) is 0 Å². The van der Waals surface area contributed by atoms with E-state index in [2.05, 4.69) is 153 Å². The van der Waals surface area contributed by atoms with E-state index in [0.29, 0.717) is 11.6 Å². The fourth-order valence-electron chi connectivity index (χ4n) is 5.83. The topological polar surface area (TPSA) is 38.7 Å². The summed E-state index contributed by atoms with van der Waals surface area (Å²) in [4.78, 5) is 15.4. The van der Waals surface area contributed by atoms with Crippen LogP contribution >= 0.6 is 0 Å². The molecule has 0 amide bonds. The summed E-state index contributed by atoms with van der Waals surface area (Å²) in [6, 6.07) is 46.3. The SMILES string of the molecule is C=Cc1ccc(-c2cccc(-c3nc(-c4cccc(-c5ccccc5)c4)nc(C4C=C(c5ccccc5)C=CC4C)n3)c2)cc1. The monoisotopic (exact) mass is 579 g/mol. The first-order valence-electron chi connectivity index (χ1n) is 15.4. The molecule has 0 aliphatic heterocycles. The van der Waals surface area contributed by atoms with Crippen LogP contribution in [0.15, 0.2) is 158 Å². The van der Waals surface area contributed by atoms with Gasteiger partial charge in [0.2, 0.25) is 0 Å². The van der Waals surface area contributed by atoms with Crippen LogP contribution in [0.3, 0.4) is 0 Å². The van der Waals surface area contributed by atoms with Crippen molar-refractivity contribution in [2.75, 3.05) is 0 Å². The summed E-state index contributed by atoms with van der Waals surface area (Å²) in [5.74, 6) is 2.33. The van der Waals surface area contributed by atoms with Gasteiger partial charge in [0, 0.05) is 17.0 Å². The molecule has 2 atom stereocenters. The summed E-state index contributed by atoms with van der Waals surface area (Å²) in [5, 5.41) is 0. The Hall–Kier alpha value is -5.67. The second-order valence-electron chi connectivity index (χ2n) is 11.4. The molecule has 3 heteroatoms. The first kappa shape index (κ1) is 28.1. The lowest BCUT2D eigenvalue weighted by Gasteiger charge is -2.23. The number of aromatic nitrogens is 3. The van der Waals surface area contributed by atoms with Crippen molar-refractivity contribution in [3.05, 3.63) is 175 Å². The molecule has 3 nitrogen and oxygen atoms in total. The highest BCUT2D eigenvalue weighted by Crippen LogP contribution is 2.36. The summed E-state index contributed by atoms with van der Waals surface area (Å²) >= 11 is 0. The maximum atomic E-state index is 5.16. The molecule has 2 unspecified atom stereocenters. The van der Waals surface area contributed by atoms with Crippen molar-refractivity contribution in [3.63, 3.8) is 0 Å². The number of benzene rings is 5. The number of nitrogens with zero attached hydrogens (tertiary/aromatic N) is 3. The largest absolute Gasteiger partial charge is 0.212 e. The van der Waals surface area contributed by atoms with E-state index < -0.39 is 0 Å². The molecular weight excluding hydrogens is 546 g/mol. The molecule has 0 fully saturated rings. The molecule has 0 spiro atoms. The van der Waals surface area contributed by atoms with Gasteiger partial charge in [0.15, 0.2) is 11.6 Å². The van der Waals surface area contributed by atoms with Crippen molar-refractivity contribution < 1.29 is 0 Å². The molecule has 0 saturated carbocycles. The molecule has 0 N–H and O–H groups in total. The van der Waals surface area contributed by atoms with E-state index in [1.165, 1.54) is 11.1 Å². The highest BCUT2D eigenvalue weighted by Gasteiger charge is 2.24. The van der Waals surface area contributed by atoms with Crippen molar-refractivity contribution in [2.45, 2.75) is 12.8 Å². The highest BCUT2D eigenvalue weighted by atomic mass is 15.0. The third-order valence-electron chi connectivity index (χ3n) is 8.39. The fraction of sp³-hybridized carbons (Fsp3) is 0.0714. The van der Waals surface area contributed by atoms with Crippen LogP contribution in [0.4, 0.5) is 0 Å². The Balaban J connectivity index is 1.36. The van der Waals surface area contributed by atoms with Crippen LogP contribution in [-0.4, -0.2) is 15.0 Å². The van der Waals surface area contributed by atoms with Crippen LogP contribution in [0.5, 0.6) is 0 Å². The van der Waals surface area contributed by atoms with Gasteiger partial charge in [0.25, 0.3) is 0 Å². The van der Waals surface area contributed by atoms with Crippen molar-refractivity contribution in [2.24, 2.45) is 5.92 Å². The van der Waals surface area contributed by atoms with Crippen LogP contribution in [0.1, 0.15) is 29.8 Å². The standard InChI is InChI=1S/C42H33N3/c1-3-30-21-24-33(25-22-30)35-17-11-19-38(27-35)41-43-40(37-18-10-16-34(26-37)31-12-6-4-7-13-31)44-42(45-41)39-28-36(23-20-29(39)2)32-14-8-5-9-15-32/h3-29,39H,1H2,2H3.